The standard InChI is InChI=1S/C28H34N2O2.C24H26N2O2/c1-28(2,3)32-27(31)24-15-22(20-11-12-20)17-29-25(24)16-21-9-6-10-26-23(21)13-14-30(26)18-19-7-4-5-8-19;27-24(28)21-12-19(17-8-9-17)14-25-22(21)13-18-6-3-7-23-20(18)10-11-26(23)15-16-4-1-2-5-16/h6,9-10,13-15,17,19-20H,4-5,7-8,11-12,16,18H2,1-3H3;3,6-7,10-12,14,16-17H,1-2,4-5,8-9,13,15H2,(H,27,28). The van der Waals surface area contributed by atoms with Gasteiger partial charge in [-0.3, -0.25) is 9.97 Å². The highest BCUT2D eigenvalue weighted by Crippen LogP contribution is 2.41. The molecule has 0 saturated heterocycles. The van der Waals surface area contributed by atoms with Crippen molar-refractivity contribution in [2.45, 2.75) is 141 Å². The Morgan fingerprint density at radius 3 is 1.53 bits per heavy atom. The van der Waals surface area contributed by atoms with Crippen molar-refractivity contribution in [3.8, 4) is 0 Å². The Hall–Kier alpha value is -5.24. The SMILES string of the molecule is CC(C)(C)OC(=O)c1cc(C2CC2)cnc1Cc1cccc2c1ccn2CC1CCCC1.O=C(O)c1cc(C2CC2)cnc1Cc1cccc2c1ccn2CC1CCCC1. The number of aromatic nitrogens is 4. The maximum absolute atomic E-state index is 13.1. The molecule has 8 heteroatoms. The fourth-order valence-electron chi connectivity index (χ4n) is 9.78. The van der Waals surface area contributed by atoms with E-state index in [4.69, 9.17) is 9.72 Å². The summed E-state index contributed by atoms with van der Waals surface area (Å²) >= 11 is 0. The number of esters is 1. The third kappa shape index (κ3) is 9.23. The van der Waals surface area contributed by atoms with Crippen LogP contribution >= 0.6 is 0 Å². The molecule has 10 rings (SSSR count). The second kappa shape index (κ2) is 17.0. The van der Waals surface area contributed by atoms with E-state index in [2.05, 4.69) is 75.0 Å². The Balaban J connectivity index is 0.000000155. The first-order valence-corrected chi connectivity index (χ1v) is 22.6. The monoisotopic (exact) mass is 804 g/mol. The molecule has 4 aliphatic carbocycles. The van der Waals surface area contributed by atoms with Gasteiger partial charge in [-0.1, -0.05) is 49.9 Å². The van der Waals surface area contributed by atoms with Crippen molar-refractivity contribution in [1.82, 2.24) is 19.1 Å². The summed E-state index contributed by atoms with van der Waals surface area (Å²) in [6.07, 6.45) is 24.9. The van der Waals surface area contributed by atoms with Crippen molar-refractivity contribution < 1.29 is 19.4 Å². The fourth-order valence-corrected chi connectivity index (χ4v) is 9.78. The quantitative estimate of drug-likeness (QED) is 0.124. The molecule has 6 aromatic rings. The van der Waals surface area contributed by atoms with Crippen LogP contribution in [0, 0.1) is 11.8 Å². The second-order valence-corrected chi connectivity index (χ2v) is 19.2. The van der Waals surface area contributed by atoms with E-state index in [9.17, 15) is 14.7 Å². The number of hydrogen-bond acceptors (Lipinski definition) is 5. The first kappa shape index (κ1) is 40.2. The van der Waals surface area contributed by atoms with Gasteiger partial charge in [-0.05, 0) is 154 Å². The molecule has 0 bridgehead atoms. The minimum Gasteiger partial charge on any atom is -0.478 e. The summed E-state index contributed by atoms with van der Waals surface area (Å²) in [5.41, 5.74) is 9.03. The molecule has 4 aliphatic rings. The van der Waals surface area contributed by atoms with Crippen molar-refractivity contribution in [3.05, 3.63) is 130 Å². The summed E-state index contributed by atoms with van der Waals surface area (Å²) in [7, 11) is 0. The largest absolute Gasteiger partial charge is 0.478 e. The molecule has 0 aliphatic heterocycles. The van der Waals surface area contributed by atoms with Crippen LogP contribution in [-0.4, -0.2) is 41.7 Å². The number of ether oxygens (including phenoxy) is 1. The molecule has 0 atom stereocenters. The molecule has 60 heavy (non-hydrogen) atoms. The van der Waals surface area contributed by atoms with Crippen molar-refractivity contribution >= 4 is 33.7 Å². The molecule has 4 heterocycles. The molecule has 0 amide bonds. The van der Waals surface area contributed by atoms with Crippen molar-refractivity contribution in [1.29, 1.82) is 0 Å². The number of carbonyl (C=O) groups excluding carboxylic acids is 1. The second-order valence-electron chi connectivity index (χ2n) is 19.2. The Morgan fingerprint density at radius 1 is 0.650 bits per heavy atom. The van der Waals surface area contributed by atoms with Crippen LogP contribution in [0.5, 0.6) is 0 Å². The number of nitrogens with zero attached hydrogens (tertiary/aromatic N) is 4. The van der Waals surface area contributed by atoms with Gasteiger partial charge in [-0.15, -0.1) is 0 Å². The summed E-state index contributed by atoms with van der Waals surface area (Å²) in [4.78, 5) is 34.2. The number of hydrogen-bond donors (Lipinski definition) is 1. The third-order valence-electron chi connectivity index (χ3n) is 13.3. The third-order valence-corrected chi connectivity index (χ3v) is 13.3. The lowest BCUT2D eigenvalue weighted by Crippen LogP contribution is -2.25. The van der Waals surface area contributed by atoms with Crippen molar-refractivity contribution in [2.24, 2.45) is 11.8 Å². The zero-order valence-electron chi connectivity index (χ0n) is 35.7. The average Bonchev–Trinajstić information content (AvgIpc) is 4.03. The highest BCUT2D eigenvalue weighted by molar-refractivity contribution is 5.92. The van der Waals surface area contributed by atoms with E-state index in [1.54, 1.807) is 0 Å². The maximum atomic E-state index is 13.1. The highest BCUT2D eigenvalue weighted by Gasteiger charge is 2.29. The van der Waals surface area contributed by atoms with Crippen molar-refractivity contribution in [2.75, 3.05) is 0 Å². The first-order valence-electron chi connectivity index (χ1n) is 22.6. The smallest absolute Gasteiger partial charge is 0.340 e. The van der Waals surface area contributed by atoms with E-state index in [0.29, 0.717) is 41.5 Å². The number of rotatable bonds is 12. The van der Waals surface area contributed by atoms with E-state index in [0.717, 1.165) is 60.2 Å². The molecule has 312 valence electrons. The van der Waals surface area contributed by atoms with Gasteiger partial charge < -0.3 is 19.0 Å². The van der Waals surface area contributed by atoms with Crippen molar-refractivity contribution in [3.63, 3.8) is 0 Å². The van der Waals surface area contributed by atoms with Crippen LogP contribution in [0.1, 0.15) is 164 Å². The molecule has 1 N–H and O–H groups in total. The van der Waals surface area contributed by atoms with E-state index in [-0.39, 0.29) is 5.97 Å². The molecule has 4 saturated carbocycles. The first-order chi connectivity index (χ1) is 29.1. The number of carboxylic acids is 1. The summed E-state index contributed by atoms with van der Waals surface area (Å²) in [5, 5.41) is 12.2. The van der Waals surface area contributed by atoms with Gasteiger partial charge in [0.05, 0.1) is 22.5 Å². The van der Waals surface area contributed by atoms with Crippen LogP contribution in [0.15, 0.2) is 85.5 Å². The normalized spacial score (nSPS) is 17.3. The molecule has 0 radical (unpaired) electrons. The molecule has 4 fully saturated rings. The Morgan fingerprint density at radius 2 is 1.10 bits per heavy atom. The van der Waals surface area contributed by atoms with Crippen LogP contribution in [0.2, 0.25) is 0 Å². The van der Waals surface area contributed by atoms with Crippen LogP contribution in [0.3, 0.4) is 0 Å². The minimum absolute atomic E-state index is 0.270. The number of pyridine rings is 2. The van der Waals surface area contributed by atoms with Crippen LogP contribution in [0.25, 0.3) is 21.8 Å². The summed E-state index contributed by atoms with van der Waals surface area (Å²) in [5.74, 6) is 1.49. The maximum Gasteiger partial charge on any atom is 0.340 e. The fraction of sp³-hybridized carbons (Fsp3) is 0.462. The molecule has 8 nitrogen and oxygen atoms in total. The van der Waals surface area contributed by atoms with Gasteiger partial charge in [0.15, 0.2) is 0 Å². The van der Waals surface area contributed by atoms with E-state index < -0.39 is 11.6 Å². The number of fused-ring (bicyclic) bond motifs is 2. The lowest BCUT2D eigenvalue weighted by atomic mass is 10.00. The highest BCUT2D eigenvalue weighted by atomic mass is 16.6. The zero-order chi connectivity index (χ0) is 41.4. The minimum atomic E-state index is -0.879. The van der Waals surface area contributed by atoms with E-state index in [1.807, 2.05) is 45.3 Å². The number of benzene rings is 2. The molecule has 4 aromatic heterocycles. The van der Waals surface area contributed by atoms with E-state index >= 15 is 0 Å². The topological polar surface area (TPSA) is 99.2 Å². The number of carboxylic acid groups (broad SMARTS) is 1. The summed E-state index contributed by atoms with van der Waals surface area (Å²) in [6.45, 7) is 7.93. The van der Waals surface area contributed by atoms with Crippen LogP contribution in [0.4, 0.5) is 0 Å². The Labute approximate surface area is 354 Å². The lowest BCUT2D eigenvalue weighted by Gasteiger charge is -2.21. The predicted octanol–water partition coefficient (Wildman–Crippen LogP) is 12.0. The van der Waals surface area contributed by atoms with Crippen LogP contribution in [-0.2, 0) is 30.7 Å². The van der Waals surface area contributed by atoms with Gasteiger partial charge in [0.1, 0.15) is 5.60 Å². The summed E-state index contributed by atoms with van der Waals surface area (Å²) in [6, 6.07) is 21.1. The van der Waals surface area contributed by atoms with Gasteiger partial charge in [0.2, 0.25) is 0 Å². The van der Waals surface area contributed by atoms with Gasteiger partial charge in [-0.2, -0.15) is 0 Å². The van der Waals surface area contributed by atoms with Gasteiger partial charge in [0, 0.05) is 72.5 Å². The van der Waals surface area contributed by atoms with Crippen LogP contribution < -0.4 is 0 Å². The van der Waals surface area contributed by atoms with Gasteiger partial charge >= 0.3 is 11.9 Å². The number of aromatic carboxylic acids is 1. The molecular formula is C52H60N4O4. The predicted molar refractivity (Wildman–Crippen MR) is 238 cm³/mol. The van der Waals surface area contributed by atoms with Gasteiger partial charge in [-0.25, -0.2) is 9.59 Å². The zero-order valence-corrected chi connectivity index (χ0v) is 35.7. The number of carbonyl (C=O) groups is 2. The summed E-state index contributed by atoms with van der Waals surface area (Å²) < 4.78 is 10.5. The molecular weight excluding hydrogens is 745 g/mol. The average molecular weight is 805 g/mol. The van der Waals surface area contributed by atoms with Gasteiger partial charge in [0.25, 0.3) is 0 Å². The molecule has 0 unspecified atom stereocenters. The van der Waals surface area contributed by atoms with E-state index in [1.165, 1.54) is 91.6 Å². The Bertz CT molecular complexity index is 2500. The Kier molecular flexibility index (Phi) is 11.4. The lowest BCUT2D eigenvalue weighted by molar-refractivity contribution is 0.00675. The molecule has 2 aromatic carbocycles. The molecule has 0 spiro atoms.